The van der Waals surface area contributed by atoms with Crippen molar-refractivity contribution in [2.75, 3.05) is 78.5 Å². The Morgan fingerprint density at radius 1 is 0.276 bits per heavy atom. The van der Waals surface area contributed by atoms with E-state index in [4.69, 9.17) is 0 Å². The third-order valence-corrected chi connectivity index (χ3v) is 24.9. The molecule has 0 saturated carbocycles. The standard InChI is InChI=1S/4C23H26F2N2O2/c4*1-15-2-3-16(12-20(15)24)13-27-11-9-22(23(27)29)26-10-8-19(21(25)14-26)17-4-6-18(28)7-5-17/h4*2-7,12,19,21-22,28H,8-11,13-14H2,1H3/t2*19-,21+,22+;2*19-,21+,22-/m1010/s1. The number of aromatic hydroxyl groups is 4. The normalized spacial score (nSPS) is 25.6. The van der Waals surface area contributed by atoms with Crippen molar-refractivity contribution in [3.63, 3.8) is 0 Å². The van der Waals surface area contributed by atoms with E-state index >= 15 is 0 Å². The van der Waals surface area contributed by atoms with Gasteiger partial charge in [-0.05, 0) is 245 Å². The molecule has 4 N–H and O–H groups in total. The number of nitrogens with zero attached hydrogens (tertiary/aromatic N) is 8. The van der Waals surface area contributed by atoms with Crippen LogP contribution in [0.3, 0.4) is 0 Å². The molecule has 8 fully saturated rings. The van der Waals surface area contributed by atoms with E-state index in [0.717, 1.165) is 44.5 Å². The van der Waals surface area contributed by atoms with Crippen LogP contribution < -0.4 is 0 Å². The number of phenols is 4. The maximum absolute atomic E-state index is 14.9. The van der Waals surface area contributed by atoms with Crippen molar-refractivity contribution in [1.82, 2.24) is 39.2 Å². The lowest BCUT2D eigenvalue weighted by Crippen LogP contribution is -2.49. The Kier molecular flexibility index (Phi) is 27.2. The number of hydrogen-bond donors (Lipinski definition) is 4. The Morgan fingerprint density at radius 3 is 0.638 bits per heavy atom. The van der Waals surface area contributed by atoms with E-state index < -0.39 is 24.7 Å². The van der Waals surface area contributed by atoms with Gasteiger partial charge in [-0.2, -0.15) is 0 Å². The highest BCUT2D eigenvalue weighted by molar-refractivity contribution is 5.86. The molecule has 0 radical (unpaired) electrons. The lowest BCUT2D eigenvalue weighted by molar-refractivity contribution is -0.134. The second kappa shape index (κ2) is 37.6. The highest BCUT2D eigenvalue weighted by Crippen LogP contribution is 2.40. The quantitative estimate of drug-likeness (QED) is 0.0675. The van der Waals surface area contributed by atoms with Crippen molar-refractivity contribution < 1.29 is 74.7 Å². The molecule has 8 aliphatic rings. The third kappa shape index (κ3) is 20.2. The molecule has 0 unspecified atom stereocenters. The van der Waals surface area contributed by atoms with Crippen LogP contribution in [0.25, 0.3) is 0 Å². The van der Waals surface area contributed by atoms with Gasteiger partial charge < -0.3 is 40.0 Å². The van der Waals surface area contributed by atoms with E-state index in [1.54, 1.807) is 169 Å². The van der Waals surface area contributed by atoms with Crippen LogP contribution in [0.4, 0.5) is 35.1 Å². The zero-order valence-electron chi connectivity index (χ0n) is 66.1. The minimum atomic E-state index is -1.05. The number of amides is 4. The minimum Gasteiger partial charge on any atom is -0.508 e. The number of likely N-dealkylation sites (tertiary alicyclic amines) is 8. The number of alkyl halides is 4. The van der Waals surface area contributed by atoms with Crippen LogP contribution in [-0.2, 0) is 45.4 Å². The van der Waals surface area contributed by atoms with Gasteiger partial charge in [0.15, 0.2) is 0 Å². The van der Waals surface area contributed by atoms with Crippen LogP contribution in [-0.4, -0.2) is 211 Å². The van der Waals surface area contributed by atoms with E-state index in [1.165, 1.54) is 24.3 Å². The van der Waals surface area contributed by atoms with Gasteiger partial charge in [-0.1, -0.05) is 97.1 Å². The van der Waals surface area contributed by atoms with Gasteiger partial charge in [0.1, 0.15) is 71.0 Å². The molecule has 8 aliphatic heterocycles. The molecule has 0 bridgehead atoms. The van der Waals surface area contributed by atoms with E-state index in [0.29, 0.717) is 152 Å². The number of benzene rings is 8. The Hall–Kier alpha value is -9.88. The summed E-state index contributed by atoms with van der Waals surface area (Å²) in [6.07, 6.45) is 1.02. The number of hydrogen-bond acceptors (Lipinski definition) is 12. The Morgan fingerprint density at radius 2 is 0.466 bits per heavy atom. The monoisotopic (exact) mass is 1600 g/mol. The van der Waals surface area contributed by atoms with Crippen molar-refractivity contribution in [3.05, 3.63) is 260 Å². The average molecular weight is 1600 g/mol. The lowest BCUT2D eigenvalue weighted by Gasteiger charge is -2.37. The van der Waals surface area contributed by atoms with Gasteiger partial charge in [0.25, 0.3) is 0 Å². The first-order chi connectivity index (χ1) is 55.7. The van der Waals surface area contributed by atoms with Crippen molar-refractivity contribution in [2.45, 2.75) is 178 Å². The first-order valence-electron chi connectivity index (χ1n) is 40.5. The van der Waals surface area contributed by atoms with Crippen molar-refractivity contribution in [2.24, 2.45) is 0 Å². The molecule has 0 spiro atoms. The Bertz CT molecular complexity index is 4140. The SMILES string of the molecule is Cc1ccc(CN2CC[C@@H](N3CC[C@@H](c4ccc(O)cc4)[C@H](F)C3)C2=O)cc1F.Cc1ccc(CN2CC[C@@H](N3CC[C@H](c4ccc(O)cc4)[C@@H](F)C3)C2=O)cc1F.Cc1ccc(CN2CC[C@H](N3CC[C@@H](c4ccc(O)cc4)[C@H](F)C3)C2=O)cc1F.Cc1ccc(CN2CC[C@H](N3CC[C@H](c4ccc(O)cc4)[C@@H](F)C3)C2=O)cc1F. The molecular formula is C92H104F8N8O8. The van der Waals surface area contributed by atoms with Crippen LogP contribution in [0.2, 0.25) is 0 Å². The van der Waals surface area contributed by atoms with Gasteiger partial charge in [0.2, 0.25) is 23.6 Å². The van der Waals surface area contributed by atoms with Crippen molar-refractivity contribution in [1.29, 1.82) is 0 Å². The van der Waals surface area contributed by atoms with Crippen LogP contribution in [0.5, 0.6) is 23.0 Å². The van der Waals surface area contributed by atoms with Gasteiger partial charge >= 0.3 is 0 Å². The summed E-state index contributed by atoms with van der Waals surface area (Å²) in [5.41, 5.74) is 8.99. The molecule has 12 atom stereocenters. The smallest absolute Gasteiger partial charge is 0.240 e. The van der Waals surface area contributed by atoms with Crippen LogP contribution in [0.1, 0.15) is 142 Å². The Labute approximate surface area is 673 Å². The van der Waals surface area contributed by atoms with Crippen LogP contribution in [0.15, 0.2) is 170 Å². The van der Waals surface area contributed by atoms with E-state index in [2.05, 4.69) is 0 Å². The van der Waals surface area contributed by atoms with E-state index in [9.17, 15) is 74.7 Å². The maximum Gasteiger partial charge on any atom is 0.240 e. The number of halogens is 8. The van der Waals surface area contributed by atoms with Crippen LogP contribution >= 0.6 is 0 Å². The number of aryl methyl sites for hydroxylation is 4. The largest absolute Gasteiger partial charge is 0.508 e. The fourth-order valence-electron chi connectivity index (χ4n) is 17.9. The number of rotatable bonds is 16. The summed E-state index contributed by atoms with van der Waals surface area (Å²) in [5.74, 6) is -1.20. The highest BCUT2D eigenvalue weighted by atomic mass is 19.2. The topological polar surface area (TPSA) is 175 Å². The number of piperidine rings is 4. The number of phenolic OH excluding ortho intramolecular Hbond substituents is 4. The molecule has 116 heavy (non-hydrogen) atoms. The molecule has 0 aromatic heterocycles. The number of carbonyl (C=O) groups is 4. The van der Waals surface area contributed by atoms with E-state index in [-0.39, 0.29) is 144 Å². The Balaban J connectivity index is 0.000000135. The fraction of sp³-hybridized carbons (Fsp3) is 0.435. The predicted octanol–water partition coefficient (Wildman–Crippen LogP) is 15.1. The summed E-state index contributed by atoms with van der Waals surface area (Å²) >= 11 is 0. The summed E-state index contributed by atoms with van der Waals surface area (Å²) < 4.78 is 115. The molecule has 16 nitrogen and oxygen atoms in total. The van der Waals surface area contributed by atoms with E-state index in [1.807, 2.05) is 43.9 Å². The first kappa shape index (κ1) is 84.0. The molecule has 16 rings (SSSR count). The summed E-state index contributed by atoms with van der Waals surface area (Å²) in [6, 6.07) is 45.8. The molecule has 616 valence electrons. The summed E-state index contributed by atoms with van der Waals surface area (Å²) in [5, 5.41) is 37.7. The zero-order chi connectivity index (χ0) is 82.2. The molecule has 8 aromatic rings. The molecule has 24 heteroatoms. The van der Waals surface area contributed by atoms with Gasteiger partial charge in [-0.25, -0.2) is 35.1 Å². The van der Waals surface area contributed by atoms with Gasteiger partial charge in [0, 0.05) is 102 Å². The van der Waals surface area contributed by atoms with Gasteiger partial charge in [-0.15, -0.1) is 0 Å². The summed E-state index contributed by atoms with van der Waals surface area (Å²) in [7, 11) is 0. The van der Waals surface area contributed by atoms with Crippen molar-refractivity contribution >= 4 is 23.6 Å². The zero-order valence-corrected chi connectivity index (χ0v) is 66.1. The maximum atomic E-state index is 14.9. The summed E-state index contributed by atoms with van der Waals surface area (Å²) in [4.78, 5) is 66.4. The molecule has 4 amide bonds. The third-order valence-electron chi connectivity index (χ3n) is 24.9. The fourth-order valence-corrected chi connectivity index (χ4v) is 17.9. The molecule has 8 saturated heterocycles. The second-order valence-electron chi connectivity index (χ2n) is 32.6. The number of carbonyl (C=O) groups excluding carboxylic acids is 4. The van der Waals surface area contributed by atoms with Crippen LogP contribution in [0, 0.1) is 51.0 Å². The molecular weight excluding hydrogens is 1500 g/mol. The van der Waals surface area contributed by atoms with Gasteiger partial charge in [0.05, 0.1) is 24.2 Å². The second-order valence-corrected chi connectivity index (χ2v) is 32.6. The molecule has 8 heterocycles. The predicted molar refractivity (Wildman–Crippen MR) is 428 cm³/mol. The summed E-state index contributed by atoms with van der Waals surface area (Å²) in [6.45, 7) is 14.4. The average Bonchev–Trinajstić information content (AvgIpc) is 1.59. The molecule has 0 aliphatic carbocycles. The lowest BCUT2D eigenvalue weighted by atomic mass is 9.87. The minimum absolute atomic E-state index is 0.00117. The molecule has 8 aromatic carbocycles. The highest BCUT2D eigenvalue weighted by Gasteiger charge is 2.46. The first-order valence-corrected chi connectivity index (χ1v) is 40.5. The van der Waals surface area contributed by atoms with Crippen molar-refractivity contribution in [3.8, 4) is 23.0 Å². The van der Waals surface area contributed by atoms with Gasteiger partial charge in [-0.3, -0.25) is 38.8 Å².